The average molecular weight is 196 g/mol. The lowest BCUT2D eigenvalue weighted by Gasteiger charge is -2.22. The van der Waals surface area contributed by atoms with E-state index in [0.29, 0.717) is 18.1 Å². The van der Waals surface area contributed by atoms with Gasteiger partial charge in [0, 0.05) is 5.25 Å². The summed E-state index contributed by atoms with van der Waals surface area (Å²) < 4.78 is 29.9. The maximum absolute atomic E-state index is 10.6. The maximum atomic E-state index is 10.6. The van der Waals surface area contributed by atoms with Crippen LogP contribution in [0.5, 0.6) is 0 Å². The quantitative estimate of drug-likeness (QED) is 0.488. The topological polar surface area (TPSA) is 54.4 Å². The lowest BCUT2D eigenvalue weighted by Crippen LogP contribution is -2.26. The molecule has 0 atom stereocenters. The second kappa shape index (κ2) is 3.33. The SMILES string of the molecule is O=S(=O)(O)C1CCC(S)CC1. The van der Waals surface area contributed by atoms with Gasteiger partial charge in [0.25, 0.3) is 10.1 Å². The molecular formula is C6H12O3S2. The summed E-state index contributed by atoms with van der Waals surface area (Å²) in [5.74, 6) is 0. The van der Waals surface area contributed by atoms with Crippen molar-refractivity contribution in [1.82, 2.24) is 0 Å². The van der Waals surface area contributed by atoms with E-state index >= 15 is 0 Å². The number of rotatable bonds is 1. The fraction of sp³-hybridized carbons (Fsp3) is 1.00. The third-order valence-corrected chi connectivity index (χ3v) is 3.90. The summed E-state index contributed by atoms with van der Waals surface area (Å²) in [6.45, 7) is 0. The van der Waals surface area contributed by atoms with Gasteiger partial charge in [0.15, 0.2) is 0 Å². The van der Waals surface area contributed by atoms with Gasteiger partial charge in [0.2, 0.25) is 0 Å². The lowest BCUT2D eigenvalue weighted by molar-refractivity contribution is 0.430. The van der Waals surface area contributed by atoms with Crippen LogP contribution in [0.3, 0.4) is 0 Å². The molecule has 0 bridgehead atoms. The monoisotopic (exact) mass is 196 g/mol. The van der Waals surface area contributed by atoms with Crippen LogP contribution < -0.4 is 0 Å². The summed E-state index contributed by atoms with van der Waals surface area (Å²) in [6, 6.07) is 0. The van der Waals surface area contributed by atoms with E-state index in [4.69, 9.17) is 4.55 Å². The number of hydrogen-bond donors (Lipinski definition) is 2. The van der Waals surface area contributed by atoms with Crippen molar-refractivity contribution in [2.75, 3.05) is 0 Å². The lowest BCUT2D eigenvalue weighted by atomic mass is 10.00. The largest absolute Gasteiger partial charge is 0.285 e. The zero-order valence-corrected chi connectivity index (χ0v) is 7.81. The first-order valence-electron chi connectivity index (χ1n) is 3.64. The number of thiol groups is 1. The fourth-order valence-electron chi connectivity index (χ4n) is 1.34. The predicted molar refractivity (Wildman–Crippen MR) is 46.6 cm³/mol. The molecule has 0 saturated heterocycles. The van der Waals surface area contributed by atoms with Gasteiger partial charge in [-0.1, -0.05) is 0 Å². The van der Waals surface area contributed by atoms with E-state index in [-0.39, 0.29) is 0 Å². The van der Waals surface area contributed by atoms with E-state index in [1.54, 1.807) is 0 Å². The van der Waals surface area contributed by atoms with Gasteiger partial charge in [-0.05, 0) is 25.7 Å². The Morgan fingerprint density at radius 2 is 1.64 bits per heavy atom. The third kappa shape index (κ3) is 2.65. The molecule has 0 heterocycles. The van der Waals surface area contributed by atoms with Crippen LogP contribution >= 0.6 is 12.6 Å². The summed E-state index contributed by atoms with van der Waals surface area (Å²) >= 11 is 4.22. The first kappa shape index (κ1) is 9.35. The van der Waals surface area contributed by atoms with Crippen LogP contribution in [0.15, 0.2) is 0 Å². The van der Waals surface area contributed by atoms with Crippen LogP contribution in [0.4, 0.5) is 0 Å². The van der Waals surface area contributed by atoms with Gasteiger partial charge in [-0.25, -0.2) is 0 Å². The summed E-state index contributed by atoms with van der Waals surface area (Å²) in [5, 5.41) is -0.223. The molecule has 1 fully saturated rings. The molecule has 1 aliphatic carbocycles. The van der Waals surface area contributed by atoms with Gasteiger partial charge >= 0.3 is 0 Å². The molecular weight excluding hydrogens is 184 g/mol. The standard InChI is InChI=1S/C6H12O3S2/c7-11(8,9)6-3-1-5(10)2-4-6/h5-6,10H,1-4H2,(H,7,8,9). The predicted octanol–water partition coefficient (Wildman–Crippen LogP) is 1.12. The van der Waals surface area contributed by atoms with Crippen molar-refractivity contribution in [3.8, 4) is 0 Å². The molecule has 0 aromatic heterocycles. The van der Waals surface area contributed by atoms with Crippen LogP contribution in [0.1, 0.15) is 25.7 Å². The van der Waals surface area contributed by atoms with Crippen LogP contribution in [-0.2, 0) is 10.1 Å². The molecule has 66 valence electrons. The minimum Gasteiger partial charge on any atom is -0.285 e. The highest BCUT2D eigenvalue weighted by Crippen LogP contribution is 2.26. The summed E-state index contributed by atoms with van der Waals surface area (Å²) in [5.41, 5.74) is 0. The van der Waals surface area contributed by atoms with Crippen LogP contribution in [0, 0.1) is 0 Å². The van der Waals surface area contributed by atoms with Crippen molar-refractivity contribution in [2.24, 2.45) is 0 Å². The third-order valence-electron chi connectivity index (χ3n) is 2.06. The van der Waals surface area contributed by atoms with E-state index in [1.165, 1.54) is 0 Å². The normalized spacial score (nSPS) is 33.6. The smallest absolute Gasteiger partial charge is 0.267 e. The number of hydrogen-bond acceptors (Lipinski definition) is 3. The van der Waals surface area contributed by atoms with E-state index in [9.17, 15) is 8.42 Å². The van der Waals surface area contributed by atoms with Crippen molar-refractivity contribution in [1.29, 1.82) is 0 Å². The molecule has 0 unspecified atom stereocenters. The van der Waals surface area contributed by atoms with Gasteiger partial charge in [0.05, 0.1) is 5.25 Å². The highest BCUT2D eigenvalue weighted by molar-refractivity contribution is 7.86. The Labute approximate surface area is 72.3 Å². The highest BCUT2D eigenvalue weighted by atomic mass is 32.2. The Balaban J connectivity index is 2.53. The Kier molecular flexibility index (Phi) is 2.83. The van der Waals surface area contributed by atoms with Crippen molar-refractivity contribution in [2.45, 2.75) is 36.2 Å². The van der Waals surface area contributed by atoms with Crippen LogP contribution in [-0.4, -0.2) is 23.5 Å². The van der Waals surface area contributed by atoms with Gasteiger partial charge in [0.1, 0.15) is 0 Å². The molecule has 0 aromatic rings. The Morgan fingerprint density at radius 3 is 2.00 bits per heavy atom. The van der Waals surface area contributed by atoms with Gasteiger partial charge < -0.3 is 0 Å². The van der Waals surface area contributed by atoms with Crippen LogP contribution in [0.2, 0.25) is 0 Å². The molecule has 5 heteroatoms. The minimum atomic E-state index is -3.78. The van der Waals surface area contributed by atoms with E-state index in [2.05, 4.69) is 12.6 Å². The molecule has 11 heavy (non-hydrogen) atoms. The summed E-state index contributed by atoms with van der Waals surface area (Å²) in [4.78, 5) is 0. The second-order valence-electron chi connectivity index (χ2n) is 2.95. The van der Waals surface area contributed by atoms with Gasteiger partial charge in [-0.2, -0.15) is 21.0 Å². The molecule has 1 aliphatic rings. The molecule has 0 aromatic carbocycles. The second-order valence-corrected chi connectivity index (χ2v) is 5.37. The Hall–Kier alpha value is 0.260. The zero-order chi connectivity index (χ0) is 8.48. The zero-order valence-electron chi connectivity index (χ0n) is 6.10. The molecule has 0 radical (unpaired) electrons. The van der Waals surface area contributed by atoms with Gasteiger partial charge in [-0.3, -0.25) is 4.55 Å². The van der Waals surface area contributed by atoms with Crippen molar-refractivity contribution >= 4 is 22.7 Å². The van der Waals surface area contributed by atoms with Gasteiger partial charge in [-0.15, -0.1) is 0 Å². The molecule has 1 rings (SSSR count). The molecule has 3 nitrogen and oxygen atoms in total. The Morgan fingerprint density at radius 1 is 1.18 bits per heavy atom. The van der Waals surface area contributed by atoms with Crippen molar-refractivity contribution in [3.63, 3.8) is 0 Å². The highest BCUT2D eigenvalue weighted by Gasteiger charge is 2.27. The minimum absolute atomic E-state index is 0.313. The maximum Gasteiger partial charge on any atom is 0.267 e. The first-order chi connectivity index (χ1) is 5.00. The Bertz CT molecular complexity index is 214. The fourth-order valence-corrected chi connectivity index (χ4v) is 2.51. The van der Waals surface area contributed by atoms with E-state index in [1.807, 2.05) is 0 Å². The summed E-state index contributed by atoms with van der Waals surface area (Å²) in [6.07, 6.45) is 2.67. The van der Waals surface area contributed by atoms with Crippen molar-refractivity contribution < 1.29 is 13.0 Å². The molecule has 1 saturated carbocycles. The molecule has 0 aliphatic heterocycles. The summed E-state index contributed by atoms with van der Waals surface area (Å²) in [7, 11) is -3.78. The van der Waals surface area contributed by atoms with Crippen LogP contribution in [0.25, 0.3) is 0 Å². The van der Waals surface area contributed by atoms with E-state index in [0.717, 1.165) is 12.8 Å². The average Bonchev–Trinajstić information content (AvgIpc) is 1.86. The first-order valence-corrected chi connectivity index (χ1v) is 5.66. The van der Waals surface area contributed by atoms with E-state index < -0.39 is 15.4 Å². The molecule has 0 spiro atoms. The molecule has 1 N–H and O–H groups in total. The molecule has 0 amide bonds. The van der Waals surface area contributed by atoms with Crippen molar-refractivity contribution in [3.05, 3.63) is 0 Å².